The zero-order valence-corrected chi connectivity index (χ0v) is 11.7. The number of aromatic nitrogens is 2. The van der Waals surface area contributed by atoms with Crippen LogP contribution in [0.25, 0.3) is 0 Å². The van der Waals surface area contributed by atoms with Gasteiger partial charge in [-0.3, -0.25) is 4.68 Å². The molecule has 0 radical (unpaired) electrons. The number of benzene rings is 1. The molecule has 1 aromatic heterocycles. The summed E-state index contributed by atoms with van der Waals surface area (Å²) in [4.78, 5) is 0. The highest BCUT2D eigenvalue weighted by atomic mass is 35.5. The van der Waals surface area contributed by atoms with Gasteiger partial charge in [0.25, 0.3) is 0 Å². The summed E-state index contributed by atoms with van der Waals surface area (Å²) in [5, 5.41) is 8.59. The van der Waals surface area contributed by atoms with Gasteiger partial charge in [0, 0.05) is 23.8 Å². The molecule has 0 spiro atoms. The minimum Gasteiger partial charge on any atom is -0.309 e. The van der Waals surface area contributed by atoms with E-state index in [0.717, 1.165) is 22.7 Å². The number of halogens is 1. The Labute approximate surface area is 113 Å². The molecule has 1 heterocycles. The van der Waals surface area contributed by atoms with Gasteiger partial charge in [-0.15, -0.1) is 0 Å². The average Bonchev–Trinajstić information content (AvgIpc) is 2.71. The van der Waals surface area contributed by atoms with Crippen LogP contribution in [0.5, 0.6) is 0 Å². The Kier molecular flexibility index (Phi) is 4.04. The van der Waals surface area contributed by atoms with Crippen molar-refractivity contribution < 1.29 is 0 Å². The van der Waals surface area contributed by atoms with E-state index in [1.54, 1.807) is 0 Å². The third kappa shape index (κ3) is 2.57. The molecule has 1 atom stereocenters. The molecule has 0 fully saturated rings. The monoisotopic (exact) mass is 263 g/mol. The molecule has 0 saturated carbocycles. The van der Waals surface area contributed by atoms with Crippen molar-refractivity contribution in [3.8, 4) is 0 Å². The third-order valence-corrected chi connectivity index (χ3v) is 3.29. The van der Waals surface area contributed by atoms with E-state index in [0.29, 0.717) is 0 Å². The Morgan fingerprint density at radius 3 is 2.83 bits per heavy atom. The Bertz CT molecular complexity index is 534. The van der Waals surface area contributed by atoms with E-state index in [1.807, 2.05) is 37.0 Å². The second-order valence-electron chi connectivity index (χ2n) is 4.34. The number of nitrogens with one attached hydrogen (secondary N) is 1. The van der Waals surface area contributed by atoms with E-state index in [4.69, 9.17) is 11.6 Å². The lowest BCUT2D eigenvalue weighted by Crippen LogP contribution is -2.18. The molecule has 2 aromatic rings. The largest absolute Gasteiger partial charge is 0.309 e. The van der Waals surface area contributed by atoms with Gasteiger partial charge in [0.05, 0.1) is 11.7 Å². The van der Waals surface area contributed by atoms with Gasteiger partial charge in [-0.2, -0.15) is 5.10 Å². The molecular weight excluding hydrogens is 246 g/mol. The summed E-state index contributed by atoms with van der Waals surface area (Å²) in [5.74, 6) is 0. The zero-order chi connectivity index (χ0) is 13.1. The SMILES string of the molecule is CCc1nn(C)cc1C(NC)c1cccc(Cl)c1. The van der Waals surface area contributed by atoms with Gasteiger partial charge in [-0.05, 0) is 31.2 Å². The van der Waals surface area contributed by atoms with Crippen LogP contribution in [0.2, 0.25) is 5.02 Å². The molecule has 0 saturated heterocycles. The van der Waals surface area contributed by atoms with Gasteiger partial charge in [0.2, 0.25) is 0 Å². The zero-order valence-electron chi connectivity index (χ0n) is 10.9. The molecule has 96 valence electrons. The van der Waals surface area contributed by atoms with Gasteiger partial charge >= 0.3 is 0 Å². The molecule has 3 nitrogen and oxygen atoms in total. The molecule has 4 heteroatoms. The van der Waals surface area contributed by atoms with Crippen molar-refractivity contribution in [2.24, 2.45) is 7.05 Å². The highest BCUT2D eigenvalue weighted by Gasteiger charge is 2.18. The first-order valence-electron chi connectivity index (χ1n) is 6.10. The van der Waals surface area contributed by atoms with E-state index in [2.05, 4.69) is 29.6 Å². The van der Waals surface area contributed by atoms with Crippen molar-refractivity contribution in [2.45, 2.75) is 19.4 Å². The highest BCUT2D eigenvalue weighted by Crippen LogP contribution is 2.26. The summed E-state index contributed by atoms with van der Waals surface area (Å²) in [6, 6.07) is 8.08. The minimum absolute atomic E-state index is 0.132. The number of aryl methyl sites for hydroxylation is 2. The Morgan fingerprint density at radius 1 is 1.44 bits per heavy atom. The number of hydrogen-bond donors (Lipinski definition) is 1. The van der Waals surface area contributed by atoms with Gasteiger partial charge in [-0.25, -0.2) is 0 Å². The topological polar surface area (TPSA) is 29.9 Å². The number of rotatable bonds is 4. The molecule has 0 amide bonds. The van der Waals surface area contributed by atoms with Crippen molar-refractivity contribution in [1.29, 1.82) is 0 Å². The molecule has 1 aromatic carbocycles. The molecular formula is C14H18ClN3. The standard InChI is InChI=1S/C14H18ClN3/c1-4-13-12(9-18(3)17-13)14(16-2)10-6-5-7-11(15)8-10/h5-9,14,16H,4H2,1-3H3. The summed E-state index contributed by atoms with van der Waals surface area (Å²) in [7, 11) is 3.91. The molecule has 0 aliphatic heterocycles. The lowest BCUT2D eigenvalue weighted by atomic mass is 9.98. The van der Waals surface area contributed by atoms with Crippen molar-refractivity contribution >= 4 is 11.6 Å². The first-order valence-corrected chi connectivity index (χ1v) is 6.48. The smallest absolute Gasteiger partial charge is 0.0673 e. The Balaban J connectivity index is 2.44. The lowest BCUT2D eigenvalue weighted by Gasteiger charge is -2.16. The maximum atomic E-state index is 6.06. The van der Waals surface area contributed by atoms with E-state index in [-0.39, 0.29) is 6.04 Å². The van der Waals surface area contributed by atoms with Gasteiger partial charge in [0.15, 0.2) is 0 Å². The van der Waals surface area contributed by atoms with Crippen LogP contribution in [0.4, 0.5) is 0 Å². The quantitative estimate of drug-likeness (QED) is 0.919. The number of hydrogen-bond acceptors (Lipinski definition) is 2. The average molecular weight is 264 g/mol. The van der Waals surface area contributed by atoms with Crippen LogP contribution < -0.4 is 5.32 Å². The fraction of sp³-hybridized carbons (Fsp3) is 0.357. The fourth-order valence-corrected chi connectivity index (χ4v) is 2.46. The van der Waals surface area contributed by atoms with Crippen molar-refractivity contribution in [2.75, 3.05) is 7.05 Å². The van der Waals surface area contributed by atoms with E-state index in [9.17, 15) is 0 Å². The van der Waals surface area contributed by atoms with E-state index < -0.39 is 0 Å². The first kappa shape index (κ1) is 13.1. The summed E-state index contributed by atoms with van der Waals surface area (Å²) >= 11 is 6.06. The Morgan fingerprint density at radius 2 is 2.22 bits per heavy atom. The van der Waals surface area contributed by atoms with Crippen LogP contribution >= 0.6 is 11.6 Å². The van der Waals surface area contributed by atoms with Crippen molar-refractivity contribution in [3.63, 3.8) is 0 Å². The predicted octanol–water partition coefficient (Wildman–Crippen LogP) is 2.94. The maximum Gasteiger partial charge on any atom is 0.0673 e. The normalized spacial score (nSPS) is 12.7. The summed E-state index contributed by atoms with van der Waals surface area (Å²) in [6.07, 6.45) is 3.00. The van der Waals surface area contributed by atoms with Crippen LogP contribution in [0, 0.1) is 0 Å². The third-order valence-electron chi connectivity index (χ3n) is 3.05. The van der Waals surface area contributed by atoms with Crippen molar-refractivity contribution in [3.05, 3.63) is 52.3 Å². The number of nitrogens with zero attached hydrogens (tertiary/aromatic N) is 2. The summed E-state index contributed by atoms with van der Waals surface area (Å²) < 4.78 is 1.86. The molecule has 0 bridgehead atoms. The van der Waals surface area contributed by atoms with Crippen LogP contribution in [0.3, 0.4) is 0 Å². The van der Waals surface area contributed by atoms with Gasteiger partial charge in [-0.1, -0.05) is 30.7 Å². The second-order valence-corrected chi connectivity index (χ2v) is 4.77. The minimum atomic E-state index is 0.132. The fourth-order valence-electron chi connectivity index (χ4n) is 2.26. The predicted molar refractivity (Wildman–Crippen MR) is 74.9 cm³/mol. The molecule has 2 rings (SSSR count). The molecule has 1 N–H and O–H groups in total. The summed E-state index contributed by atoms with van der Waals surface area (Å²) in [5.41, 5.74) is 3.49. The van der Waals surface area contributed by atoms with Crippen molar-refractivity contribution in [1.82, 2.24) is 15.1 Å². The maximum absolute atomic E-state index is 6.06. The molecule has 0 aliphatic carbocycles. The van der Waals surface area contributed by atoms with Crippen LogP contribution in [0.1, 0.15) is 29.8 Å². The Hall–Kier alpha value is -1.32. The lowest BCUT2D eigenvalue weighted by molar-refractivity contribution is 0.684. The molecule has 1 unspecified atom stereocenters. The van der Waals surface area contributed by atoms with Crippen LogP contribution in [-0.2, 0) is 13.5 Å². The van der Waals surface area contributed by atoms with Gasteiger partial charge < -0.3 is 5.32 Å². The second kappa shape index (κ2) is 5.55. The molecule has 18 heavy (non-hydrogen) atoms. The van der Waals surface area contributed by atoms with Gasteiger partial charge in [0.1, 0.15) is 0 Å². The highest BCUT2D eigenvalue weighted by molar-refractivity contribution is 6.30. The molecule has 0 aliphatic rings. The van der Waals surface area contributed by atoms with E-state index >= 15 is 0 Å². The summed E-state index contributed by atoms with van der Waals surface area (Å²) in [6.45, 7) is 2.12. The van der Waals surface area contributed by atoms with Crippen LogP contribution in [0.15, 0.2) is 30.5 Å². The first-order chi connectivity index (χ1) is 8.65. The van der Waals surface area contributed by atoms with E-state index in [1.165, 1.54) is 5.56 Å². The van der Waals surface area contributed by atoms with Crippen LogP contribution in [-0.4, -0.2) is 16.8 Å².